The first-order valence-corrected chi connectivity index (χ1v) is 5.87. The molecule has 0 radical (unpaired) electrons. The molecule has 0 aromatic carbocycles. The minimum absolute atomic E-state index is 0.379. The Bertz CT molecular complexity index is 225. The first-order valence-electron chi connectivity index (χ1n) is 5.87. The minimum atomic E-state index is 0.379. The predicted molar refractivity (Wildman–Crippen MR) is 66.8 cm³/mol. The molecule has 1 nitrogen and oxygen atoms in total. The van der Waals surface area contributed by atoms with Crippen molar-refractivity contribution < 1.29 is 4.79 Å². The lowest BCUT2D eigenvalue weighted by Gasteiger charge is -2.08. The lowest BCUT2D eigenvalue weighted by Crippen LogP contribution is -1.95. The third-order valence-corrected chi connectivity index (χ3v) is 2.38. The van der Waals surface area contributed by atoms with Crippen molar-refractivity contribution in [2.24, 2.45) is 11.8 Å². The summed E-state index contributed by atoms with van der Waals surface area (Å²) in [7, 11) is 0. The van der Waals surface area contributed by atoms with Crippen LogP contribution in [-0.2, 0) is 4.79 Å². The summed E-state index contributed by atoms with van der Waals surface area (Å²) in [6, 6.07) is 0. The summed E-state index contributed by atoms with van der Waals surface area (Å²) in [4.78, 5) is 10.3. The summed E-state index contributed by atoms with van der Waals surface area (Å²) in [6.45, 7) is 8.62. The molecular formula is C14H24O. The van der Waals surface area contributed by atoms with Gasteiger partial charge in [-0.25, -0.2) is 0 Å². The van der Waals surface area contributed by atoms with Crippen LogP contribution in [0.5, 0.6) is 0 Å². The maximum absolute atomic E-state index is 10.3. The minimum Gasteiger partial charge on any atom is -0.303 e. The zero-order valence-corrected chi connectivity index (χ0v) is 10.5. The maximum Gasteiger partial charge on any atom is 0.120 e. The van der Waals surface area contributed by atoms with Gasteiger partial charge in [-0.2, -0.15) is 0 Å². The summed E-state index contributed by atoms with van der Waals surface area (Å²) >= 11 is 0. The first-order chi connectivity index (χ1) is 7.10. The van der Waals surface area contributed by atoms with Crippen molar-refractivity contribution in [1.82, 2.24) is 0 Å². The van der Waals surface area contributed by atoms with Crippen molar-refractivity contribution in [2.45, 2.75) is 47.0 Å². The van der Waals surface area contributed by atoms with Crippen LogP contribution in [0.4, 0.5) is 0 Å². The number of rotatable bonds is 7. The van der Waals surface area contributed by atoms with Gasteiger partial charge in [0.15, 0.2) is 0 Å². The topological polar surface area (TPSA) is 17.1 Å². The standard InChI is InChI=1S/C14H24O/c1-5-6-7-12(2)10-14(4)11-13(3)8-9-15/h6-7,9,11-13H,5,8,10H2,1-4H3. The first kappa shape index (κ1) is 14.2. The quantitative estimate of drug-likeness (QED) is 0.454. The van der Waals surface area contributed by atoms with Crippen LogP contribution in [0.25, 0.3) is 0 Å². The number of carbonyl (C=O) groups excluding carboxylic acids is 1. The van der Waals surface area contributed by atoms with E-state index in [0.29, 0.717) is 18.3 Å². The summed E-state index contributed by atoms with van der Waals surface area (Å²) in [5.41, 5.74) is 1.39. The summed E-state index contributed by atoms with van der Waals surface area (Å²) in [5.74, 6) is 0.981. The number of aldehydes is 1. The van der Waals surface area contributed by atoms with Crippen LogP contribution in [-0.4, -0.2) is 6.29 Å². The van der Waals surface area contributed by atoms with Gasteiger partial charge in [0.1, 0.15) is 6.29 Å². The molecule has 0 amide bonds. The molecule has 2 unspecified atom stereocenters. The average Bonchev–Trinajstić information content (AvgIpc) is 2.14. The van der Waals surface area contributed by atoms with Crippen molar-refractivity contribution >= 4 is 6.29 Å². The summed E-state index contributed by atoms with van der Waals surface area (Å²) in [6.07, 6.45) is 10.5. The van der Waals surface area contributed by atoms with E-state index in [-0.39, 0.29) is 0 Å². The third kappa shape index (κ3) is 8.17. The highest BCUT2D eigenvalue weighted by molar-refractivity contribution is 5.50. The van der Waals surface area contributed by atoms with Crippen molar-refractivity contribution in [3.8, 4) is 0 Å². The molecule has 0 heterocycles. The number of hydrogen-bond donors (Lipinski definition) is 0. The molecule has 86 valence electrons. The molecule has 0 spiro atoms. The largest absolute Gasteiger partial charge is 0.303 e. The van der Waals surface area contributed by atoms with Gasteiger partial charge in [-0.1, -0.05) is 44.6 Å². The van der Waals surface area contributed by atoms with Gasteiger partial charge in [0.2, 0.25) is 0 Å². The molecular weight excluding hydrogens is 184 g/mol. The molecule has 0 aliphatic heterocycles. The normalized spacial score (nSPS) is 16.7. The van der Waals surface area contributed by atoms with E-state index in [0.717, 1.165) is 19.1 Å². The van der Waals surface area contributed by atoms with Crippen LogP contribution in [0.1, 0.15) is 47.0 Å². The summed E-state index contributed by atoms with van der Waals surface area (Å²) < 4.78 is 0. The Morgan fingerprint density at radius 2 is 1.93 bits per heavy atom. The number of hydrogen-bond acceptors (Lipinski definition) is 1. The van der Waals surface area contributed by atoms with Crippen LogP contribution < -0.4 is 0 Å². The van der Waals surface area contributed by atoms with Gasteiger partial charge in [0, 0.05) is 6.42 Å². The van der Waals surface area contributed by atoms with E-state index in [1.54, 1.807) is 0 Å². The highest BCUT2D eigenvalue weighted by Crippen LogP contribution is 2.15. The fraction of sp³-hybridized carbons (Fsp3) is 0.643. The smallest absolute Gasteiger partial charge is 0.120 e. The van der Waals surface area contributed by atoms with Gasteiger partial charge in [-0.15, -0.1) is 0 Å². The molecule has 15 heavy (non-hydrogen) atoms. The van der Waals surface area contributed by atoms with Crippen LogP contribution in [0.2, 0.25) is 0 Å². The molecule has 0 rings (SSSR count). The Balaban J connectivity index is 4.04. The van der Waals surface area contributed by atoms with Crippen molar-refractivity contribution in [3.05, 3.63) is 23.8 Å². The molecule has 0 bridgehead atoms. The Hall–Kier alpha value is -0.850. The van der Waals surface area contributed by atoms with Gasteiger partial charge in [0.05, 0.1) is 0 Å². The Morgan fingerprint density at radius 1 is 1.27 bits per heavy atom. The van der Waals surface area contributed by atoms with Gasteiger partial charge in [0.25, 0.3) is 0 Å². The molecule has 0 saturated heterocycles. The van der Waals surface area contributed by atoms with Crippen LogP contribution in [0.3, 0.4) is 0 Å². The van der Waals surface area contributed by atoms with Crippen LogP contribution in [0.15, 0.2) is 23.8 Å². The predicted octanol–water partition coefficient (Wildman–Crippen LogP) is 4.15. The van der Waals surface area contributed by atoms with Crippen molar-refractivity contribution in [3.63, 3.8) is 0 Å². The van der Waals surface area contributed by atoms with E-state index in [1.165, 1.54) is 5.57 Å². The van der Waals surface area contributed by atoms with Gasteiger partial charge >= 0.3 is 0 Å². The molecule has 0 fully saturated rings. The van der Waals surface area contributed by atoms with E-state index in [1.807, 2.05) is 0 Å². The molecule has 0 aromatic rings. The van der Waals surface area contributed by atoms with E-state index in [2.05, 4.69) is 45.9 Å². The zero-order chi connectivity index (χ0) is 11.7. The molecule has 1 heteroatoms. The Kier molecular flexibility index (Phi) is 7.98. The number of allylic oxidation sites excluding steroid dienone is 4. The van der Waals surface area contributed by atoms with E-state index >= 15 is 0 Å². The van der Waals surface area contributed by atoms with E-state index < -0.39 is 0 Å². The highest BCUT2D eigenvalue weighted by atomic mass is 16.1. The maximum atomic E-state index is 10.3. The Labute approximate surface area is 94.3 Å². The fourth-order valence-electron chi connectivity index (χ4n) is 1.72. The summed E-state index contributed by atoms with van der Waals surface area (Å²) in [5, 5.41) is 0. The highest BCUT2D eigenvalue weighted by Gasteiger charge is 2.01. The molecule has 0 aliphatic rings. The second-order valence-electron chi connectivity index (χ2n) is 4.41. The fourth-order valence-corrected chi connectivity index (χ4v) is 1.72. The molecule has 0 saturated carbocycles. The molecule has 2 atom stereocenters. The zero-order valence-electron chi connectivity index (χ0n) is 10.5. The van der Waals surface area contributed by atoms with Crippen LogP contribution >= 0.6 is 0 Å². The van der Waals surface area contributed by atoms with E-state index in [4.69, 9.17) is 0 Å². The second-order valence-corrected chi connectivity index (χ2v) is 4.41. The number of carbonyl (C=O) groups is 1. The monoisotopic (exact) mass is 208 g/mol. The van der Waals surface area contributed by atoms with Crippen LogP contribution in [0, 0.1) is 11.8 Å². The van der Waals surface area contributed by atoms with Crippen molar-refractivity contribution in [2.75, 3.05) is 0 Å². The molecule has 0 aliphatic carbocycles. The lowest BCUT2D eigenvalue weighted by molar-refractivity contribution is -0.108. The Morgan fingerprint density at radius 3 is 2.47 bits per heavy atom. The van der Waals surface area contributed by atoms with E-state index in [9.17, 15) is 4.79 Å². The lowest BCUT2D eigenvalue weighted by atomic mass is 9.97. The van der Waals surface area contributed by atoms with Gasteiger partial charge in [-0.05, 0) is 31.6 Å². The SMILES string of the molecule is CCC=CC(C)CC(C)=CC(C)CC=O. The average molecular weight is 208 g/mol. The molecule has 0 N–H and O–H groups in total. The second kappa shape index (κ2) is 8.46. The van der Waals surface area contributed by atoms with Crippen molar-refractivity contribution in [1.29, 1.82) is 0 Å². The van der Waals surface area contributed by atoms with Gasteiger partial charge in [-0.3, -0.25) is 0 Å². The molecule has 0 aromatic heterocycles. The van der Waals surface area contributed by atoms with Gasteiger partial charge < -0.3 is 4.79 Å². The third-order valence-electron chi connectivity index (χ3n) is 2.38.